The number of azo groups is 1. The largest absolute Gasteiger partial charge is 0.493 e. The summed E-state index contributed by atoms with van der Waals surface area (Å²) >= 11 is 11.9. The monoisotopic (exact) mass is 483 g/mol. The first-order chi connectivity index (χ1) is 16.0. The SMILES string of the molecule is O=C(COc1ccccc1Cl)N=Nc1c(O)n(CCOc2ccc(Cl)cc2)c2ccccc12. The molecule has 0 aliphatic carbocycles. The number of carbonyl (C=O) groups is 1. The lowest BCUT2D eigenvalue weighted by Crippen LogP contribution is -2.08. The Labute approximate surface area is 199 Å². The minimum atomic E-state index is -0.614. The number of benzene rings is 3. The van der Waals surface area contributed by atoms with E-state index in [0.29, 0.717) is 40.1 Å². The van der Waals surface area contributed by atoms with Crippen molar-refractivity contribution in [3.63, 3.8) is 0 Å². The van der Waals surface area contributed by atoms with E-state index in [2.05, 4.69) is 10.2 Å². The third-order valence-corrected chi connectivity index (χ3v) is 5.33. The van der Waals surface area contributed by atoms with Gasteiger partial charge in [-0.3, -0.25) is 4.79 Å². The van der Waals surface area contributed by atoms with Gasteiger partial charge in [0.1, 0.15) is 18.1 Å². The van der Waals surface area contributed by atoms with Gasteiger partial charge in [-0.05, 0) is 42.5 Å². The lowest BCUT2D eigenvalue weighted by Gasteiger charge is -2.09. The Morgan fingerprint density at radius 3 is 2.45 bits per heavy atom. The highest BCUT2D eigenvalue weighted by Crippen LogP contribution is 2.38. The Kier molecular flexibility index (Phi) is 7.12. The molecule has 168 valence electrons. The fraction of sp³-hybridized carbons (Fsp3) is 0.125. The first-order valence-electron chi connectivity index (χ1n) is 10.0. The van der Waals surface area contributed by atoms with Crippen LogP contribution in [0.1, 0.15) is 0 Å². The predicted octanol–water partition coefficient (Wildman–Crippen LogP) is 6.42. The lowest BCUT2D eigenvalue weighted by atomic mass is 10.2. The summed E-state index contributed by atoms with van der Waals surface area (Å²) < 4.78 is 12.8. The highest BCUT2D eigenvalue weighted by Gasteiger charge is 2.17. The minimum Gasteiger partial charge on any atom is -0.493 e. The minimum absolute atomic E-state index is 0.112. The van der Waals surface area contributed by atoms with Gasteiger partial charge in [-0.1, -0.05) is 53.5 Å². The number of aromatic nitrogens is 1. The maximum atomic E-state index is 12.2. The maximum absolute atomic E-state index is 12.2. The number of rotatable bonds is 8. The molecule has 33 heavy (non-hydrogen) atoms. The van der Waals surface area contributed by atoms with Crippen LogP contribution in [0.5, 0.6) is 17.4 Å². The van der Waals surface area contributed by atoms with Crippen LogP contribution in [0.4, 0.5) is 5.69 Å². The van der Waals surface area contributed by atoms with E-state index < -0.39 is 5.91 Å². The highest BCUT2D eigenvalue weighted by atomic mass is 35.5. The second-order valence-corrected chi connectivity index (χ2v) is 7.80. The van der Waals surface area contributed by atoms with Gasteiger partial charge in [0.15, 0.2) is 12.3 Å². The van der Waals surface area contributed by atoms with Gasteiger partial charge in [0.25, 0.3) is 0 Å². The first kappa shape index (κ1) is 22.6. The van der Waals surface area contributed by atoms with E-state index in [9.17, 15) is 9.90 Å². The van der Waals surface area contributed by atoms with Crippen molar-refractivity contribution < 1.29 is 19.4 Å². The van der Waals surface area contributed by atoms with Crippen molar-refractivity contribution >= 4 is 45.7 Å². The number of fused-ring (bicyclic) bond motifs is 1. The van der Waals surface area contributed by atoms with Crippen LogP contribution < -0.4 is 9.47 Å². The van der Waals surface area contributed by atoms with Crippen molar-refractivity contribution in [2.75, 3.05) is 13.2 Å². The van der Waals surface area contributed by atoms with Crippen molar-refractivity contribution in [2.24, 2.45) is 10.2 Å². The van der Waals surface area contributed by atoms with E-state index in [4.69, 9.17) is 32.7 Å². The summed E-state index contributed by atoms with van der Waals surface area (Å²) in [4.78, 5) is 12.2. The molecule has 0 spiro atoms. The zero-order chi connectivity index (χ0) is 23.2. The fourth-order valence-corrected chi connectivity index (χ4v) is 3.53. The molecule has 1 amide bonds. The number of halogens is 2. The number of hydrogen-bond donors (Lipinski definition) is 1. The Morgan fingerprint density at radius 2 is 1.67 bits per heavy atom. The molecule has 0 fully saturated rings. The predicted molar refractivity (Wildman–Crippen MR) is 127 cm³/mol. The molecule has 0 unspecified atom stereocenters. The molecule has 4 rings (SSSR count). The molecule has 0 saturated heterocycles. The number of nitrogens with zero attached hydrogens (tertiary/aromatic N) is 3. The van der Waals surface area contributed by atoms with E-state index in [-0.39, 0.29) is 18.2 Å². The van der Waals surface area contributed by atoms with Crippen molar-refractivity contribution in [3.05, 3.63) is 82.8 Å². The van der Waals surface area contributed by atoms with E-state index in [1.165, 1.54) is 0 Å². The van der Waals surface area contributed by atoms with Crippen molar-refractivity contribution in [1.29, 1.82) is 0 Å². The molecule has 3 aromatic carbocycles. The van der Waals surface area contributed by atoms with Crippen molar-refractivity contribution in [1.82, 2.24) is 4.57 Å². The Morgan fingerprint density at radius 1 is 0.939 bits per heavy atom. The topological polar surface area (TPSA) is 85.4 Å². The molecule has 0 radical (unpaired) electrons. The smallest absolute Gasteiger partial charge is 0.302 e. The van der Waals surface area contributed by atoms with Crippen molar-refractivity contribution in [2.45, 2.75) is 6.54 Å². The average Bonchev–Trinajstić information content (AvgIpc) is 3.09. The van der Waals surface area contributed by atoms with Crippen LogP contribution in [-0.2, 0) is 11.3 Å². The number of aromatic hydroxyl groups is 1. The van der Waals surface area contributed by atoms with Crippen LogP contribution in [0.25, 0.3) is 10.9 Å². The summed E-state index contributed by atoms with van der Waals surface area (Å²) in [5.74, 6) is 0.318. The summed E-state index contributed by atoms with van der Waals surface area (Å²) in [5.41, 5.74) is 0.937. The van der Waals surface area contributed by atoms with Gasteiger partial charge in [0.2, 0.25) is 5.88 Å². The van der Waals surface area contributed by atoms with E-state index in [1.54, 1.807) is 59.2 Å². The number of amides is 1. The number of ether oxygens (including phenoxy) is 2. The Hall–Kier alpha value is -3.55. The summed E-state index contributed by atoms with van der Waals surface area (Å²) in [6, 6.07) is 21.1. The van der Waals surface area contributed by atoms with Crippen LogP contribution in [-0.4, -0.2) is 28.8 Å². The summed E-state index contributed by atoms with van der Waals surface area (Å²) in [7, 11) is 0. The van der Waals surface area contributed by atoms with E-state index in [0.717, 1.165) is 5.52 Å². The quantitative estimate of drug-likeness (QED) is 0.293. The third kappa shape index (κ3) is 5.45. The van der Waals surface area contributed by atoms with E-state index >= 15 is 0 Å². The molecule has 7 nitrogen and oxygen atoms in total. The molecule has 1 heterocycles. The standard InChI is InChI=1S/C24H19Cl2N3O4/c25-16-9-11-17(12-10-16)32-14-13-29-20-7-3-1-5-18(20)23(24(29)31)28-27-22(30)15-33-21-8-4-2-6-19(21)26/h1-12,31H,13-15H2. The second kappa shape index (κ2) is 10.4. The average molecular weight is 484 g/mol. The Bertz CT molecular complexity index is 1300. The molecule has 0 atom stereocenters. The van der Waals surface area contributed by atoms with Gasteiger partial charge >= 0.3 is 5.91 Å². The van der Waals surface area contributed by atoms with Gasteiger partial charge in [-0.25, -0.2) is 0 Å². The molecule has 4 aromatic rings. The van der Waals surface area contributed by atoms with Gasteiger partial charge in [0.05, 0.1) is 17.1 Å². The molecular formula is C24H19Cl2N3O4. The molecule has 0 bridgehead atoms. The van der Waals surface area contributed by atoms with Crippen LogP contribution in [0.15, 0.2) is 83.0 Å². The molecule has 1 aromatic heterocycles. The van der Waals surface area contributed by atoms with Crippen LogP contribution in [0, 0.1) is 0 Å². The van der Waals surface area contributed by atoms with Gasteiger partial charge in [0, 0.05) is 10.4 Å². The van der Waals surface area contributed by atoms with E-state index in [1.807, 2.05) is 18.2 Å². The fourth-order valence-electron chi connectivity index (χ4n) is 3.22. The van der Waals surface area contributed by atoms with Crippen LogP contribution >= 0.6 is 23.2 Å². The van der Waals surface area contributed by atoms with Crippen LogP contribution in [0.3, 0.4) is 0 Å². The Balaban J connectivity index is 1.47. The van der Waals surface area contributed by atoms with Crippen molar-refractivity contribution in [3.8, 4) is 17.4 Å². The number of carbonyl (C=O) groups excluding carboxylic acids is 1. The third-order valence-electron chi connectivity index (χ3n) is 4.76. The lowest BCUT2D eigenvalue weighted by molar-refractivity contribution is -0.120. The normalized spacial score (nSPS) is 11.2. The molecule has 1 N–H and O–H groups in total. The molecule has 9 heteroatoms. The molecule has 0 aliphatic heterocycles. The van der Waals surface area contributed by atoms with Gasteiger partial charge < -0.3 is 19.1 Å². The second-order valence-electron chi connectivity index (χ2n) is 6.96. The van der Waals surface area contributed by atoms with Gasteiger partial charge in [-0.2, -0.15) is 0 Å². The zero-order valence-electron chi connectivity index (χ0n) is 17.3. The number of hydrogen-bond acceptors (Lipinski definition) is 5. The summed E-state index contributed by atoms with van der Waals surface area (Å²) in [5, 5.41) is 20.2. The zero-order valence-corrected chi connectivity index (χ0v) is 18.8. The first-order valence-corrected chi connectivity index (χ1v) is 10.8. The maximum Gasteiger partial charge on any atom is 0.302 e. The summed E-state index contributed by atoms with van der Waals surface area (Å²) in [6.45, 7) is 0.324. The van der Waals surface area contributed by atoms with Crippen LogP contribution in [0.2, 0.25) is 10.0 Å². The highest BCUT2D eigenvalue weighted by molar-refractivity contribution is 6.32. The summed E-state index contributed by atoms with van der Waals surface area (Å²) in [6.07, 6.45) is 0. The molecule has 0 saturated carbocycles. The molecular weight excluding hydrogens is 465 g/mol. The molecule has 0 aliphatic rings. The van der Waals surface area contributed by atoms with Gasteiger partial charge in [-0.15, -0.1) is 10.2 Å². The number of para-hydroxylation sites is 2.